The molecule has 0 amide bonds. The van der Waals surface area contributed by atoms with E-state index in [1.54, 1.807) is 11.8 Å². The molecule has 0 bridgehead atoms. The maximum Gasteiger partial charge on any atom is 0.319 e. The van der Waals surface area contributed by atoms with Gasteiger partial charge < -0.3 is 9.64 Å². The van der Waals surface area contributed by atoms with Crippen molar-refractivity contribution in [2.75, 3.05) is 33.5 Å². The van der Waals surface area contributed by atoms with Gasteiger partial charge in [-0.2, -0.15) is 0 Å². The second-order valence-electron chi connectivity index (χ2n) is 3.96. The predicted octanol–water partition coefficient (Wildman–Crippen LogP) is 1.23. The number of esters is 1. The number of hydrogen-bond acceptors (Lipinski definition) is 4. The Morgan fingerprint density at radius 2 is 2.21 bits per heavy atom. The Morgan fingerprint density at radius 3 is 2.64 bits per heavy atom. The first-order valence-electron chi connectivity index (χ1n) is 4.99. The molecule has 0 aromatic heterocycles. The van der Waals surface area contributed by atoms with Crippen molar-refractivity contribution in [1.82, 2.24) is 4.90 Å². The van der Waals surface area contributed by atoms with Crippen LogP contribution in [0, 0.1) is 5.92 Å². The Kier molecular flexibility index (Phi) is 4.75. The van der Waals surface area contributed by atoms with E-state index in [0.29, 0.717) is 5.92 Å². The smallest absolute Gasteiger partial charge is 0.319 e. The van der Waals surface area contributed by atoms with E-state index >= 15 is 0 Å². The fourth-order valence-electron chi connectivity index (χ4n) is 1.27. The average Bonchev–Trinajstić information content (AvgIpc) is 2.94. The molecule has 1 aliphatic rings. The van der Waals surface area contributed by atoms with Crippen molar-refractivity contribution in [2.45, 2.75) is 18.1 Å². The maximum absolute atomic E-state index is 11.4. The number of rotatable bonds is 6. The molecule has 1 rings (SSSR count). The topological polar surface area (TPSA) is 29.5 Å². The fraction of sp³-hybridized carbons (Fsp3) is 0.900. The Balaban J connectivity index is 2.25. The van der Waals surface area contributed by atoms with E-state index in [4.69, 9.17) is 4.74 Å². The molecule has 0 aromatic carbocycles. The summed E-state index contributed by atoms with van der Waals surface area (Å²) in [5, 5.41) is 0.0833. The van der Waals surface area contributed by atoms with Crippen LogP contribution in [0.25, 0.3) is 0 Å². The molecule has 0 N–H and O–H groups in total. The SMILES string of the molecule is COC(=O)C(SCCN(C)C)C1CC1. The third kappa shape index (κ3) is 3.88. The van der Waals surface area contributed by atoms with Gasteiger partial charge in [-0.25, -0.2) is 0 Å². The van der Waals surface area contributed by atoms with Gasteiger partial charge in [0.1, 0.15) is 5.25 Å². The van der Waals surface area contributed by atoms with Gasteiger partial charge in [-0.3, -0.25) is 4.79 Å². The van der Waals surface area contributed by atoms with Gasteiger partial charge in [0.2, 0.25) is 0 Å². The fourth-order valence-corrected chi connectivity index (χ4v) is 2.78. The van der Waals surface area contributed by atoms with Gasteiger partial charge >= 0.3 is 5.97 Å². The lowest BCUT2D eigenvalue weighted by Crippen LogP contribution is -2.24. The lowest BCUT2D eigenvalue weighted by Gasteiger charge is -2.15. The molecule has 0 spiro atoms. The van der Waals surface area contributed by atoms with Crippen molar-refractivity contribution in [2.24, 2.45) is 5.92 Å². The molecule has 82 valence electrons. The van der Waals surface area contributed by atoms with Gasteiger partial charge in [0, 0.05) is 12.3 Å². The minimum Gasteiger partial charge on any atom is -0.468 e. The van der Waals surface area contributed by atoms with Crippen LogP contribution in [0.3, 0.4) is 0 Å². The molecule has 0 radical (unpaired) electrons. The summed E-state index contributed by atoms with van der Waals surface area (Å²) in [4.78, 5) is 13.5. The molecule has 1 atom stereocenters. The highest BCUT2D eigenvalue weighted by molar-refractivity contribution is 8.00. The van der Waals surface area contributed by atoms with Crippen LogP contribution in [0.5, 0.6) is 0 Å². The minimum absolute atomic E-state index is 0.0451. The van der Waals surface area contributed by atoms with E-state index in [-0.39, 0.29) is 11.2 Å². The molecule has 4 heteroatoms. The van der Waals surface area contributed by atoms with Crippen molar-refractivity contribution in [3.63, 3.8) is 0 Å². The zero-order valence-corrected chi connectivity index (χ0v) is 9.97. The summed E-state index contributed by atoms with van der Waals surface area (Å²) in [5.74, 6) is 1.54. The monoisotopic (exact) mass is 217 g/mol. The lowest BCUT2D eigenvalue weighted by atomic mass is 10.3. The van der Waals surface area contributed by atoms with Crippen LogP contribution in [0.2, 0.25) is 0 Å². The zero-order valence-electron chi connectivity index (χ0n) is 9.16. The number of carbonyl (C=O) groups is 1. The van der Waals surface area contributed by atoms with Crippen LogP contribution in [-0.2, 0) is 9.53 Å². The summed E-state index contributed by atoms with van der Waals surface area (Å²) in [7, 11) is 5.57. The highest BCUT2D eigenvalue weighted by Crippen LogP contribution is 2.39. The third-order valence-electron chi connectivity index (χ3n) is 2.32. The van der Waals surface area contributed by atoms with Crippen LogP contribution < -0.4 is 0 Å². The maximum atomic E-state index is 11.4. The van der Waals surface area contributed by atoms with Crippen molar-refractivity contribution in [3.8, 4) is 0 Å². The van der Waals surface area contributed by atoms with E-state index in [1.807, 2.05) is 14.1 Å². The summed E-state index contributed by atoms with van der Waals surface area (Å²) >= 11 is 1.74. The van der Waals surface area contributed by atoms with Gasteiger partial charge in [0.15, 0.2) is 0 Å². The second kappa shape index (κ2) is 5.61. The molecule has 0 aliphatic heterocycles. The first kappa shape index (κ1) is 11.9. The summed E-state index contributed by atoms with van der Waals surface area (Å²) < 4.78 is 4.80. The van der Waals surface area contributed by atoms with Gasteiger partial charge in [-0.15, -0.1) is 11.8 Å². The molecule has 1 aliphatic carbocycles. The number of thioether (sulfide) groups is 1. The highest BCUT2D eigenvalue weighted by Gasteiger charge is 2.37. The van der Waals surface area contributed by atoms with Gasteiger partial charge in [-0.05, 0) is 32.9 Å². The first-order valence-corrected chi connectivity index (χ1v) is 6.04. The van der Waals surface area contributed by atoms with Gasteiger partial charge in [0.05, 0.1) is 7.11 Å². The van der Waals surface area contributed by atoms with E-state index in [0.717, 1.165) is 12.3 Å². The average molecular weight is 217 g/mol. The molecule has 0 saturated heterocycles. The van der Waals surface area contributed by atoms with Gasteiger partial charge in [0.25, 0.3) is 0 Å². The van der Waals surface area contributed by atoms with Crippen molar-refractivity contribution >= 4 is 17.7 Å². The summed E-state index contributed by atoms with van der Waals surface area (Å²) in [6, 6.07) is 0. The van der Waals surface area contributed by atoms with Crippen LogP contribution >= 0.6 is 11.8 Å². The van der Waals surface area contributed by atoms with E-state index in [1.165, 1.54) is 20.0 Å². The molecule has 14 heavy (non-hydrogen) atoms. The van der Waals surface area contributed by atoms with Gasteiger partial charge in [-0.1, -0.05) is 0 Å². The van der Waals surface area contributed by atoms with Crippen LogP contribution in [0.4, 0.5) is 0 Å². The molecular weight excluding hydrogens is 198 g/mol. The van der Waals surface area contributed by atoms with Crippen molar-refractivity contribution in [3.05, 3.63) is 0 Å². The molecular formula is C10H19NO2S. The normalized spacial score (nSPS) is 18.3. The number of ether oxygens (including phenoxy) is 1. The van der Waals surface area contributed by atoms with Crippen molar-refractivity contribution < 1.29 is 9.53 Å². The van der Waals surface area contributed by atoms with Crippen molar-refractivity contribution in [1.29, 1.82) is 0 Å². The second-order valence-corrected chi connectivity index (χ2v) is 5.20. The quantitative estimate of drug-likeness (QED) is 0.626. The van der Waals surface area contributed by atoms with Crippen LogP contribution in [0.1, 0.15) is 12.8 Å². The number of nitrogens with zero attached hydrogens (tertiary/aromatic N) is 1. The number of carbonyl (C=O) groups excluding carboxylic acids is 1. The predicted molar refractivity (Wildman–Crippen MR) is 59.5 cm³/mol. The summed E-state index contributed by atoms with van der Waals surface area (Å²) in [6.45, 7) is 1.02. The Hall–Kier alpha value is -0.220. The lowest BCUT2D eigenvalue weighted by molar-refractivity contribution is -0.140. The Labute approximate surface area is 90.2 Å². The minimum atomic E-state index is -0.0451. The van der Waals surface area contributed by atoms with Crippen LogP contribution in [0.15, 0.2) is 0 Å². The van der Waals surface area contributed by atoms with E-state index in [9.17, 15) is 4.79 Å². The van der Waals surface area contributed by atoms with E-state index < -0.39 is 0 Å². The van der Waals surface area contributed by atoms with Crippen LogP contribution in [-0.4, -0.2) is 49.6 Å². The molecule has 0 aromatic rings. The largest absolute Gasteiger partial charge is 0.468 e. The Morgan fingerprint density at radius 1 is 1.57 bits per heavy atom. The zero-order chi connectivity index (χ0) is 10.6. The number of methoxy groups -OCH3 is 1. The summed E-state index contributed by atoms with van der Waals surface area (Å²) in [5.41, 5.74) is 0. The highest BCUT2D eigenvalue weighted by atomic mass is 32.2. The first-order chi connectivity index (χ1) is 6.65. The van der Waals surface area contributed by atoms with E-state index in [2.05, 4.69) is 4.90 Å². The third-order valence-corrected chi connectivity index (χ3v) is 3.67. The standard InChI is InChI=1S/C10H19NO2S/c1-11(2)6-7-14-9(8-4-5-8)10(12)13-3/h8-9H,4-7H2,1-3H3. The molecule has 1 saturated carbocycles. The molecule has 3 nitrogen and oxygen atoms in total. The number of hydrogen-bond donors (Lipinski definition) is 0. The molecule has 1 fully saturated rings. The molecule has 1 unspecified atom stereocenters. The Bertz CT molecular complexity index is 193. The summed E-state index contributed by atoms with van der Waals surface area (Å²) in [6.07, 6.45) is 2.38. The molecule has 0 heterocycles.